The molecule has 0 amide bonds. The lowest BCUT2D eigenvalue weighted by Gasteiger charge is -2.09. The summed E-state index contributed by atoms with van der Waals surface area (Å²) in [5, 5.41) is 0.651. The molecule has 0 saturated carbocycles. The van der Waals surface area contributed by atoms with Crippen molar-refractivity contribution in [3.8, 4) is 17.0 Å². The number of hydrogen-bond acceptors (Lipinski definition) is 2. The first-order chi connectivity index (χ1) is 11.7. The van der Waals surface area contributed by atoms with E-state index in [9.17, 15) is 0 Å². The van der Waals surface area contributed by atoms with Crippen LogP contribution in [0.5, 0.6) is 5.75 Å². The Balaban J connectivity index is 1.97. The first-order valence-corrected chi connectivity index (χ1v) is 9.50. The minimum atomic E-state index is 0.651. The van der Waals surface area contributed by atoms with Crippen LogP contribution in [0, 0.1) is 0 Å². The number of aryl methyl sites for hydroxylation is 1. The molecule has 0 spiro atoms. The van der Waals surface area contributed by atoms with Gasteiger partial charge in [0.05, 0.1) is 17.3 Å². The fourth-order valence-corrected chi connectivity index (χ4v) is 2.87. The second-order valence-corrected chi connectivity index (χ2v) is 6.62. The zero-order valence-electron chi connectivity index (χ0n) is 14.9. The fourth-order valence-electron chi connectivity index (χ4n) is 2.63. The Labute approximate surface area is 151 Å². The van der Waals surface area contributed by atoms with Gasteiger partial charge in [0.2, 0.25) is 0 Å². The number of pyridine rings is 1. The average molecular weight is 346 g/mol. The molecule has 0 bridgehead atoms. The maximum atomic E-state index is 6.36. The molecule has 3 heteroatoms. The van der Waals surface area contributed by atoms with E-state index in [-0.39, 0.29) is 0 Å². The van der Waals surface area contributed by atoms with E-state index < -0.39 is 0 Å². The highest BCUT2D eigenvalue weighted by Crippen LogP contribution is 2.30. The summed E-state index contributed by atoms with van der Waals surface area (Å²) in [6, 6.07) is 10.2. The highest BCUT2D eigenvalue weighted by atomic mass is 35.5. The van der Waals surface area contributed by atoms with Crippen LogP contribution < -0.4 is 4.74 Å². The van der Waals surface area contributed by atoms with Crippen molar-refractivity contribution < 1.29 is 4.74 Å². The standard InChI is InChI=1S/C21H28ClNO/c1-3-5-7-9-17-10-12-20(23-16-17)18-11-13-21(19(22)15-18)24-14-8-6-4-2/h10-13,15-16H,3-9,14H2,1-2H3. The summed E-state index contributed by atoms with van der Waals surface area (Å²) < 4.78 is 5.75. The third-order valence-corrected chi connectivity index (χ3v) is 4.42. The van der Waals surface area contributed by atoms with Gasteiger partial charge in [-0.15, -0.1) is 0 Å². The molecule has 0 N–H and O–H groups in total. The molecule has 0 aliphatic heterocycles. The molecular formula is C21H28ClNO. The summed E-state index contributed by atoms with van der Waals surface area (Å²) in [5.74, 6) is 0.757. The predicted molar refractivity (Wildman–Crippen MR) is 103 cm³/mol. The van der Waals surface area contributed by atoms with Gasteiger partial charge in [-0.1, -0.05) is 57.2 Å². The number of unbranched alkanes of at least 4 members (excludes halogenated alkanes) is 4. The van der Waals surface area contributed by atoms with Crippen LogP contribution in [-0.2, 0) is 6.42 Å². The molecule has 130 valence electrons. The van der Waals surface area contributed by atoms with Crippen molar-refractivity contribution in [1.82, 2.24) is 4.98 Å². The molecule has 2 aromatic rings. The number of nitrogens with zero attached hydrogens (tertiary/aromatic N) is 1. The summed E-state index contributed by atoms with van der Waals surface area (Å²) in [6.07, 6.45) is 10.3. The van der Waals surface area contributed by atoms with Crippen molar-refractivity contribution in [2.75, 3.05) is 6.61 Å². The lowest BCUT2D eigenvalue weighted by Crippen LogP contribution is -1.97. The van der Waals surface area contributed by atoms with Crippen LogP contribution in [0.15, 0.2) is 36.5 Å². The first kappa shape index (κ1) is 18.8. The number of rotatable bonds is 10. The highest BCUT2D eigenvalue weighted by molar-refractivity contribution is 6.32. The third-order valence-electron chi connectivity index (χ3n) is 4.13. The maximum Gasteiger partial charge on any atom is 0.137 e. The second kappa shape index (κ2) is 10.4. The van der Waals surface area contributed by atoms with Crippen LogP contribution in [0.25, 0.3) is 11.3 Å². The summed E-state index contributed by atoms with van der Waals surface area (Å²) in [4.78, 5) is 4.59. The van der Waals surface area contributed by atoms with E-state index in [0.717, 1.165) is 36.5 Å². The second-order valence-electron chi connectivity index (χ2n) is 6.21. The van der Waals surface area contributed by atoms with E-state index in [0.29, 0.717) is 5.02 Å². The minimum Gasteiger partial charge on any atom is -0.492 e. The Morgan fingerprint density at radius 1 is 0.958 bits per heavy atom. The number of ether oxygens (including phenoxy) is 1. The van der Waals surface area contributed by atoms with Crippen LogP contribution in [-0.4, -0.2) is 11.6 Å². The summed E-state index contributed by atoms with van der Waals surface area (Å²) >= 11 is 6.36. The average Bonchev–Trinajstić information content (AvgIpc) is 2.61. The quantitative estimate of drug-likeness (QED) is 0.447. The Hall–Kier alpha value is -1.54. The Morgan fingerprint density at radius 2 is 1.75 bits per heavy atom. The monoisotopic (exact) mass is 345 g/mol. The summed E-state index contributed by atoms with van der Waals surface area (Å²) in [6.45, 7) is 5.13. The predicted octanol–water partition coefficient (Wildman–Crippen LogP) is 6.70. The van der Waals surface area contributed by atoms with Gasteiger partial charge in [0.25, 0.3) is 0 Å². The van der Waals surface area contributed by atoms with Gasteiger partial charge in [-0.25, -0.2) is 0 Å². The molecule has 0 aliphatic carbocycles. The lowest BCUT2D eigenvalue weighted by atomic mass is 10.1. The number of hydrogen-bond donors (Lipinski definition) is 0. The maximum absolute atomic E-state index is 6.36. The Morgan fingerprint density at radius 3 is 2.42 bits per heavy atom. The third kappa shape index (κ3) is 5.83. The van der Waals surface area contributed by atoms with Crippen molar-refractivity contribution in [3.05, 3.63) is 47.1 Å². The van der Waals surface area contributed by atoms with Gasteiger partial charge in [0, 0.05) is 11.8 Å². The Bertz CT molecular complexity index is 610. The number of halogens is 1. The van der Waals surface area contributed by atoms with E-state index in [2.05, 4.69) is 31.0 Å². The molecular weight excluding hydrogens is 318 g/mol. The lowest BCUT2D eigenvalue weighted by molar-refractivity contribution is 0.306. The molecule has 1 aromatic carbocycles. The molecule has 0 aliphatic rings. The molecule has 2 rings (SSSR count). The van der Waals surface area contributed by atoms with Gasteiger partial charge in [-0.2, -0.15) is 0 Å². The van der Waals surface area contributed by atoms with Crippen LogP contribution in [0.4, 0.5) is 0 Å². The summed E-state index contributed by atoms with van der Waals surface area (Å²) in [7, 11) is 0. The molecule has 2 nitrogen and oxygen atoms in total. The van der Waals surface area contributed by atoms with Gasteiger partial charge in [0.1, 0.15) is 5.75 Å². The van der Waals surface area contributed by atoms with E-state index in [1.807, 2.05) is 24.4 Å². The van der Waals surface area contributed by atoms with Crippen molar-refractivity contribution in [2.24, 2.45) is 0 Å². The van der Waals surface area contributed by atoms with E-state index in [1.165, 1.54) is 37.7 Å². The zero-order valence-corrected chi connectivity index (χ0v) is 15.6. The van der Waals surface area contributed by atoms with Crippen LogP contribution in [0.1, 0.15) is 57.9 Å². The van der Waals surface area contributed by atoms with Crippen LogP contribution in [0.2, 0.25) is 5.02 Å². The zero-order chi connectivity index (χ0) is 17.2. The van der Waals surface area contributed by atoms with Crippen molar-refractivity contribution >= 4 is 11.6 Å². The Kier molecular flexibility index (Phi) is 8.11. The van der Waals surface area contributed by atoms with Gasteiger partial charge in [0.15, 0.2) is 0 Å². The molecule has 0 radical (unpaired) electrons. The van der Waals surface area contributed by atoms with Gasteiger partial charge in [-0.3, -0.25) is 4.98 Å². The van der Waals surface area contributed by atoms with Crippen molar-refractivity contribution in [3.63, 3.8) is 0 Å². The normalized spacial score (nSPS) is 10.8. The summed E-state index contributed by atoms with van der Waals surface area (Å²) in [5.41, 5.74) is 3.28. The molecule has 1 aromatic heterocycles. The molecule has 0 atom stereocenters. The van der Waals surface area contributed by atoms with Crippen LogP contribution >= 0.6 is 11.6 Å². The fraction of sp³-hybridized carbons (Fsp3) is 0.476. The van der Waals surface area contributed by atoms with E-state index in [1.54, 1.807) is 0 Å². The smallest absolute Gasteiger partial charge is 0.137 e. The molecule has 24 heavy (non-hydrogen) atoms. The number of aromatic nitrogens is 1. The topological polar surface area (TPSA) is 22.1 Å². The van der Waals surface area contributed by atoms with Crippen molar-refractivity contribution in [2.45, 2.75) is 58.8 Å². The van der Waals surface area contributed by atoms with Gasteiger partial charge < -0.3 is 4.74 Å². The number of benzene rings is 1. The molecule has 1 heterocycles. The highest BCUT2D eigenvalue weighted by Gasteiger charge is 2.06. The van der Waals surface area contributed by atoms with Crippen LogP contribution in [0.3, 0.4) is 0 Å². The molecule has 0 saturated heterocycles. The van der Waals surface area contributed by atoms with Gasteiger partial charge in [-0.05, 0) is 49.1 Å². The van der Waals surface area contributed by atoms with Gasteiger partial charge >= 0.3 is 0 Å². The van der Waals surface area contributed by atoms with Crippen molar-refractivity contribution in [1.29, 1.82) is 0 Å². The largest absolute Gasteiger partial charge is 0.492 e. The first-order valence-electron chi connectivity index (χ1n) is 9.12. The molecule has 0 fully saturated rings. The van der Waals surface area contributed by atoms with E-state index >= 15 is 0 Å². The molecule has 0 unspecified atom stereocenters. The van der Waals surface area contributed by atoms with E-state index in [4.69, 9.17) is 16.3 Å². The SMILES string of the molecule is CCCCCOc1ccc(-c2ccc(CCCCC)cn2)cc1Cl. The minimum absolute atomic E-state index is 0.651.